The number of methoxy groups -OCH3 is 2. The molecule has 29 heavy (non-hydrogen) atoms. The summed E-state index contributed by atoms with van der Waals surface area (Å²) in [5.41, 5.74) is 0.999. The van der Waals surface area contributed by atoms with Gasteiger partial charge in [-0.05, 0) is 19.1 Å². The summed E-state index contributed by atoms with van der Waals surface area (Å²) in [7, 11) is 3.04. The number of nitrogens with zero attached hydrogens (tertiary/aromatic N) is 1. The van der Waals surface area contributed by atoms with Crippen molar-refractivity contribution >= 4 is 23.3 Å². The molecule has 2 aromatic carbocycles. The molecule has 1 fully saturated rings. The first-order chi connectivity index (χ1) is 13.9. The van der Waals surface area contributed by atoms with Crippen molar-refractivity contribution in [3.63, 3.8) is 0 Å². The molecule has 0 aromatic heterocycles. The number of ether oxygens (including phenoxy) is 3. The number of ketones is 1. The molecule has 7 nitrogen and oxygen atoms in total. The molecule has 1 heterocycles. The van der Waals surface area contributed by atoms with Crippen LogP contribution in [0.1, 0.15) is 23.7 Å². The lowest BCUT2D eigenvalue weighted by molar-refractivity contribution is -0.151. The molecule has 0 bridgehead atoms. The molecule has 0 unspecified atom stereocenters. The molecule has 0 spiro atoms. The van der Waals surface area contributed by atoms with Gasteiger partial charge in [-0.15, -0.1) is 0 Å². The van der Waals surface area contributed by atoms with Gasteiger partial charge in [-0.1, -0.05) is 30.3 Å². The van der Waals surface area contributed by atoms with Gasteiger partial charge in [0.15, 0.2) is 6.10 Å². The molecule has 3 rings (SSSR count). The molecule has 7 heteroatoms. The van der Waals surface area contributed by atoms with E-state index in [4.69, 9.17) is 14.2 Å². The lowest BCUT2D eigenvalue weighted by Crippen LogP contribution is -2.30. The van der Waals surface area contributed by atoms with Gasteiger partial charge in [0.2, 0.25) is 11.7 Å². The first-order valence-electron chi connectivity index (χ1n) is 9.26. The van der Waals surface area contributed by atoms with Crippen LogP contribution in [0, 0.1) is 5.92 Å². The molecule has 2 atom stereocenters. The topological polar surface area (TPSA) is 82.1 Å². The fraction of sp³-hybridized carbons (Fsp3) is 0.318. The van der Waals surface area contributed by atoms with Crippen molar-refractivity contribution in [2.24, 2.45) is 5.92 Å². The van der Waals surface area contributed by atoms with E-state index >= 15 is 0 Å². The summed E-state index contributed by atoms with van der Waals surface area (Å²) in [4.78, 5) is 39.0. The second kappa shape index (κ2) is 8.77. The van der Waals surface area contributed by atoms with Crippen LogP contribution in [0.3, 0.4) is 0 Å². The molecule has 0 saturated carbocycles. The highest BCUT2D eigenvalue weighted by Gasteiger charge is 2.38. The van der Waals surface area contributed by atoms with E-state index in [2.05, 4.69) is 0 Å². The molecule has 1 aliphatic heterocycles. The van der Waals surface area contributed by atoms with Crippen LogP contribution < -0.4 is 14.4 Å². The van der Waals surface area contributed by atoms with Crippen LogP contribution in [0.15, 0.2) is 48.5 Å². The summed E-state index contributed by atoms with van der Waals surface area (Å²) < 4.78 is 15.9. The number of amides is 1. The van der Waals surface area contributed by atoms with E-state index < -0.39 is 18.0 Å². The quantitative estimate of drug-likeness (QED) is 0.528. The lowest BCUT2D eigenvalue weighted by Gasteiger charge is -2.20. The summed E-state index contributed by atoms with van der Waals surface area (Å²) >= 11 is 0. The van der Waals surface area contributed by atoms with E-state index in [0.717, 1.165) is 0 Å². The molecule has 1 aliphatic rings. The molecule has 152 valence electrons. The van der Waals surface area contributed by atoms with Gasteiger partial charge in [-0.3, -0.25) is 14.4 Å². The number of hydrogen-bond acceptors (Lipinski definition) is 6. The normalized spacial score (nSPS) is 17.0. The molecule has 1 amide bonds. The van der Waals surface area contributed by atoms with Crippen molar-refractivity contribution in [1.82, 2.24) is 0 Å². The second-order valence-corrected chi connectivity index (χ2v) is 6.75. The van der Waals surface area contributed by atoms with Crippen LogP contribution in [-0.4, -0.2) is 44.5 Å². The minimum atomic E-state index is -0.930. The van der Waals surface area contributed by atoms with Crippen molar-refractivity contribution in [3.8, 4) is 11.5 Å². The maximum absolute atomic E-state index is 12.6. The Labute approximate surface area is 169 Å². The molecule has 2 aromatic rings. The average molecular weight is 397 g/mol. The van der Waals surface area contributed by atoms with Gasteiger partial charge in [0.05, 0.1) is 25.8 Å². The monoisotopic (exact) mass is 397 g/mol. The summed E-state index contributed by atoms with van der Waals surface area (Å²) in [6.07, 6.45) is -0.925. The molecule has 0 N–H and O–H groups in total. The van der Waals surface area contributed by atoms with Crippen molar-refractivity contribution in [2.75, 3.05) is 25.7 Å². The maximum atomic E-state index is 12.6. The van der Waals surface area contributed by atoms with E-state index in [1.165, 1.54) is 26.0 Å². The highest BCUT2D eigenvalue weighted by Crippen LogP contribution is 2.36. The number of hydrogen-bond donors (Lipinski definition) is 0. The molecular weight excluding hydrogens is 374 g/mol. The largest absolute Gasteiger partial charge is 0.497 e. The zero-order valence-electron chi connectivity index (χ0n) is 16.6. The second-order valence-electron chi connectivity index (χ2n) is 6.75. The zero-order valence-corrected chi connectivity index (χ0v) is 16.6. The average Bonchev–Trinajstić information content (AvgIpc) is 3.14. The molecule has 0 aliphatic carbocycles. The Hall–Kier alpha value is -3.35. The smallest absolute Gasteiger partial charge is 0.312 e. The van der Waals surface area contributed by atoms with Gasteiger partial charge < -0.3 is 19.1 Å². The third-order valence-electron chi connectivity index (χ3n) is 4.86. The summed E-state index contributed by atoms with van der Waals surface area (Å²) in [5, 5.41) is 0. The predicted octanol–water partition coefficient (Wildman–Crippen LogP) is 2.87. The SMILES string of the molecule is COc1ccc(OC)c(N2C[C@@H](C(=O)O[C@H](C)C(=O)c3ccccc3)CC2=O)c1. The first kappa shape index (κ1) is 20.4. The van der Waals surface area contributed by atoms with Gasteiger partial charge in [0.1, 0.15) is 11.5 Å². The Balaban J connectivity index is 1.70. The summed E-state index contributed by atoms with van der Waals surface area (Å²) in [5.74, 6) is -0.665. The van der Waals surface area contributed by atoms with E-state index in [1.54, 1.807) is 48.5 Å². The van der Waals surface area contributed by atoms with Crippen molar-refractivity contribution in [2.45, 2.75) is 19.4 Å². The number of rotatable bonds is 7. The number of benzene rings is 2. The van der Waals surface area contributed by atoms with E-state index in [1.807, 2.05) is 0 Å². The van der Waals surface area contributed by atoms with Crippen LogP contribution in [0.4, 0.5) is 5.69 Å². The Morgan fingerprint density at radius 3 is 2.45 bits per heavy atom. The highest BCUT2D eigenvalue weighted by atomic mass is 16.5. The van der Waals surface area contributed by atoms with Crippen LogP contribution in [0.5, 0.6) is 11.5 Å². The number of carbonyl (C=O) groups excluding carboxylic acids is 3. The Kier molecular flexibility index (Phi) is 6.16. The number of carbonyl (C=O) groups is 3. The van der Waals surface area contributed by atoms with Gasteiger partial charge in [-0.25, -0.2) is 0 Å². The van der Waals surface area contributed by atoms with E-state index in [-0.39, 0.29) is 24.7 Å². The van der Waals surface area contributed by atoms with Gasteiger partial charge in [0, 0.05) is 24.6 Å². The predicted molar refractivity (Wildman–Crippen MR) is 106 cm³/mol. The third-order valence-corrected chi connectivity index (χ3v) is 4.86. The van der Waals surface area contributed by atoms with Crippen molar-refractivity contribution in [3.05, 3.63) is 54.1 Å². The standard InChI is InChI=1S/C22H23NO6/c1-14(21(25)15-7-5-4-6-8-15)29-22(26)16-11-20(24)23(13-16)18-12-17(27-2)9-10-19(18)28-3/h4-10,12,14,16H,11,13H2,1-3H3/t14-,16+/m1/s1. The first-order valence-corrected chi connectivity index (χ1v) is 9.26. The molecule has 0 radical (unpaired) electrons. The Morgan fingerprint density at radius 2 is 1.79 bits per heavy atom. The highest BCUT2D eigenvalue weighted by molar-refractivity contribution is 6.02. The Morgan fingerprint density at radius 1 is 1.07 bits per heavy atom. The fourth-order valence-corrected chi connectivity index (χ4v) is 3.27. The van der Waals surface area contributed by atoms with Crippen LogP contribution in [-0.2, 0) is 14.3 Å². The third kappa shape index (κ3) is 4.39. The zero-order chi connectivity index (χ0) is 21.0. The number of esters is 1. The minimum absolute atomic E-state index is 0.00540. The van der Waals surface area contributed by atoms with Gasteiger partial charge >= 0.3 is 5.97 Å². The Bertz CT molecular complexity index is 911. The molecular formula is C22H23NO6. The van der Waals surface area contributed by atoms with Crippen molar-refractivity contribution < 1.29 is 28.6 Å². The van der Waals surface area contributed by atoms with Crippen LogP contribution in [0.25, 0.3) is 0 Å². The lowest BCUT2D eigenvalue weighted by atomic mass is 10.1. The summed E-state index contributed by atoms with van der Waals surface area (Å²) in [6, 6.07) is 13.8. The van der Waals surface area contributed by atoms with Crippen LogP contribution in [0.2, 0.25) is 0 Å². The number of anilines is 1. The van der Waals surface area contributed by atoms with Gasteiger partial charge in [-0.2, -0.15) is 0 Å². The maximum Gasteiger partial charge on any atom is 0.312 e. The van der Waals surface area contributed by atoms with Crippen molar-refractivity contribution in [1.29, 1.82) is 0 Å². The number of Topliss-reactive ketones (excluding diaryl/α,β-unsaturated/α-hetero) is 1. The van der Waals surface area contributed by atoms with Crippen LogP contribution >= 0.6 is 0 Å². The van der Waals surface area contributed by atoms with E-state index in [0.29, 0.717) is 22.7 Å². The van der Waals surface area contributed by atoms with E-state index in [9.17, 15) is 14.4 Å². The fourth-order valence-electron chi connectivity index (χ4n) is 3.27. The minimum Gasteiger partial charge on any atom is -0.497 e. The summed E-state index contributed by atoms with van der Waals surface area (Å²) in [6.45, 7) is 1.68. The molecule has 1 saturated heterocycles. The van der Waals surface area contributed by atoms with Gasteiger partial charge in [0.25, 0.3) is 0 Å².